The monoisotopic (exact) mass is 422 g/mol. The van der Waals surface area contributed by atoms with Crippen LogP contribution in [0.5, 0.6) is 0 Å². The molecule has 1 N–H and O–H groups in total. The van der Waals surface area contributed by atoms with Crippen LogP contribution in [0.2, 0.25) is 0 Å². The number of carbonyl (C=O) groups excluding carboxylic acids is 1. The first kappa shape index (κ1) is 22.1. The second kappa shape index (κ2) is 10.4. The van der Waals surface area contributed by atoms with E-state index in [4.69, 9.17) is 0 Å². The maximum absolute atomic E-state index is 12.5. The van der Waals surface area contributed by atoms with E-state index >= 15 is 0 Å². The molecule has 0 bridgehead atoms. The SMILES string of the molecule is Cc1nnc(SCC(=O)NC(C)c2ccc(CC(C)C)cc2)n1Cc1ccccc1. The van der Waals surface area contributed by atoms with Crippen molar-refractivity contribution >= 4 is 17.7 Å². The summed E-state index contributed by atoms with van der Waals surface area (Å²) >= 11 is 1.42. The number of benzene rings is 2. The van der Waals surface area contributed by atoms with Gasteiger partial charge in [0.2, 0.25) is 5.91 Å². The van der Waals surface area contributed by atoms with Crippen LogP contribution >= 0.6 is 11.8 Å². The van der Waals surface area contributed by atoms with E-state index in [1.54, 1.807) is 0 Å². The highest BCUT2D eigenvalue weighted by molar-refractivity contribution is 7.99. The second-order valence-corrected chi connectivity index (χ2v) is 8.96. The van der Waals surface area contributed by atoms with E-state index in [-0.39, 0.29) is 11.9 Å². The maximum Gasteiger partial charge on any atom is 0.230 e. The highest BCUT2D eigenvalue weighted by atomic mass is 32.2. The number of amides is 1. The molecule has 6 heteroatoms. The van der Waals surface area contributed by atoms with Crippen molar-refractivity contribution in [3.05, 3.63) is 77.1 Å². The second-order valence-electron chi connectivity index (χ2n) is 8.02. The van der Waals surface area contributed by atoms with Crippen LogP contribution in [-0.4, -0.2) is 26.4 Å². The summed E-state index contributed by atoms with van der Waals surface area (Å²) in [5, 5.41) is 12.3. The first-order valence-electron chi connectivity index (χ1n) is 10.4. The minimum absolute atomic E-state index is 0.00864. The van der Waals surface area contributed by atoms with Crippen LogP contribution in [0.3, 0.4) is 0 Å². The summed E-state index contributed by atoms with van der Waals surface area (Å²) < 4.78 is 2.05. The lowest BCUT2D eigenvalue weighted by Gasteiger charge is -2.15. The molecule has 3 rings (SSSR count). The average molecular weight is 423 g/mol. The largest absolute Gasteiger partial charge is 0.349 e. The van der Waals surface area contributed by atoms with Crippen LogP contribution in [0.25, 0.3) is 0 Å². The summed E-state index contributed by atoms with van der Waals surface area (Å²) in [6, 6.07) is 18.7. The zero-order valence-electron chi connectivity index (χ0n) is 18.1. The summed E-state index contributed by atoms with van der Waals surface area (Å²) in [4.78, 5) is 12.5. The molecule has 5 nitrogen and oxygen atoms in total. The minimum Gasteiger partial charge on any atom is -0.349 e. The van der Waals surface area contributed by atoms with E-state index in [2.05, 4.69) is 65.8 Å². The molecule has 1 heterocycles. The summed E-state index contributed by atoms with van der Waals surface area (Å²) in [6.07, 6.45) is 1.07. The number of nitrogens with zero attached hydrogens (tertiary/aromatic N) is 3. The first-order chi connectivity index (χ1) is 14.4. The van der Waals surface area contributed by atoms with E-state index in [1.807, 2.05) is 36.6 Å². The fourth-order valence-electron chi connectivity index (χ4n) is 3.33. The lowest BCUT2D eigenvalue weighted by molar-refractivity contribution is -0.119. The van der Waals surface area contributed by atoms with Crippen LogP contribution in [0, 0.1) is 12.8 Å². The van der Waals surface area contributed by atoms with Crippen molar-refractivity contribution in [1.29, 1.82) is 0 Å². The van der Waals surface area contributed by atoms with Crippen LogP contribution in [0.4, 0.5) is 0 Å². The maximum atomic E-state index is 12.5. The molecule has 0 radical (unpaired) electrons. The van der Waals surface area contributed by atoms with E-state index in [1.165, 1.54) is 22.9 Å². The Hall–Kier alpha value is -2.60. The molecule has 1 amide bonds. The van der Waals surface area contributed by atoms with Gasteiger partial charge in [-0.05, 0) is 42.9 Å². The van der Waals surface area contributed by atoms with Gasteiger partial charge >= 0.3 is 0 Å². The van der Waals surface area contributed by atoms with Crippen LogP contribution in [0.15, 0.2) is 59.8 Å². The van der Waals surface area contributed by atoms with Crippen molar-refractivity contribution in [2.45, 2.75) is 51.9 Å². The van der Waals surface area contributed by atoms with E-state index in [0.717, 1.165) is 23.0 Å². The topological polar surface area (TPSA) is 59.8 Å². The molecule has 0 aliphatic carbocycles. The van der Waals surface area contributed by atoms with Crippen molar-refractivity contribution in [3.63, 3.8) is 0 Å². The Labute approximate surface area is 183 Å². The highest BCUT2D eigenvalue weighted by Gasteiger charge is 2.14. The number of nitrogens with one attached hydrogen (secondary N) is 1. The number of aryl methyl sites for hydroxylation is 1. The van der Waals surface area contributed by atoms with Gasteiger partial charge in [0, 0.05) is 0 Å². The molecule has 1 unspecified atom stereocenters. The van der Waals surface area contributed by atoms with E-state index < -0.39 is 0 Å². The normalized spacial score (nSPS) is 12.2. The molecule has 1 atom stereocenters. The number of hydrogen-bond donors (Lipinski definition) is 1. The van der Waals surface area contributed by atoms with Gasteiger partial charge in [0.15, 0.2) is 5.16 Å². The van der Waals surface area contributed by atoms with Crippen LogP contribution < -0.4 is 5.32 Å². The summed E-state index contributed by atoms with van der Waals surface area (Å²) in [5.74, 6) is 1.78. The lowest BCUT2D eigenvalue weighted by atomic mass is 10.00. The summed E-state index contributed by atoms with van der Waals surface area (Å²) in [5.41, 5.74) is 3.63. The Morgan fingerprint density at radius 2 is 1.70 bits per heavy atom. The lowest BCUT2D eigenvalue weighted by Crippen LogP contribution is -2.28. The van der Waals surface area contributed by atoms with Gasteiger partial charge in [-0.2, -0.15) is 0 Å². The zero-order valence-corrected chi connectivity index (χ0v) is 18.9. The third-order valence-electron chi connectivity index (χ3n) is 4.92. The smallest absolute Gasteiger partial charge is 0.230 e. The van der Waals surface area contributed by atoms with E-state index in [9.17, 15) is 4.79 Å². The van der Waals surface area contributed by atoms with Gasteiger partial charge in [0.05, 0.1) is 18.3 Å². The quantitative estimate of drug-likeness (QED) is 0.503. The van der Waals surface area contributed by atoms with Gasteiger partial charge in [-0.1, -0.05) is 80.2 Å². The van der Waals surface area contributed by atoms with Gasteiger partial charge in [-0.25, -0.2) is 0 Å². The molecule has 0 aliphatic rings. The molecule has 1 aromatic heterocycles. The molecule has 158 valence electrons. The molecule has 0 spiro atoms. The van der Waals surface area contributed by atoms with E-state index in [0.29, 0.717) is 18.2 Å². The Morgan fingerprint density at radius 3 is 2.37 bits per heavy atom. The van der Waals surface area contributed by atoms with Gasteiger partial charge in [-0.3, -0.25) is 4.79 Å². The summed E-state index contributed by atoms with van der Waals surface area (Å²) in [6.45, 7) is 9.09. The molecule has 2 aromatic carbocycles. The van der Waals surface area contributed by atoms with Gasteiger partial charge in [-0.15, -0.1) is 10.2 Å². The average Bonchev–Trinajstić information content (AvgIpc) is 3.07. The molecule has 0 aliphatic heterocycles. The number of hydrogen-bond acceptors (Lipinski definition) is 4. The van der Waals surface area contributed by atoms with Gasteiger partial charge in [0.25, 0.3) is 0 Å². The van der Waals surface area contributed by atoms with Gasteiger partial charge < -0.3 is 9.88 Å². The first-order valence-corrected chi connectivity index (χ1v) is 11.4. The number of rotatable bonds is 9. The Kier molecular flexibility index (Phi) is 7.69. The predicted molar refractivity (Wildman–Crippen MR) is 123 cm³/mol. The molecular weight excluding hydrogens is 392 g/mol. The zero-order chi connectivity index (χ0) is 21.5. The highest BCUT2D eigenvalue weighted by Crippen LogP contribution is 2.20. The number of carbonyl (C=O) groups is 1. The third-order valence-corrected chi connectivity index (χ3v) is 5.89. The van der Waals surface area contributed by atoms with Gasteiger partial charge in [0.1, 0.15) is 5.82 Å². The Morgan fingerprint density at radius 1 is 1.00 bits per heavy atom. The predicted octanol–water partition coefficient (Wildman–Crippen LogP) is 4.80. The standard InChI is InChI=1S/C24H30N4OS/c1-17(2)14-20-10-12-22(13-11-20)18(3)25-23(29)16-30-24-27-26-19(4)28(24)15-21-8-6-5-7-9-21/h5-13,17-18H,14-16H2,1-4H3,(H,25,29). The van der Waals surface area contributed by atoms with Crippen molar-refractivity contribution in [2.24, 2.45) is 5.92 Å². The minimum atomic E-state index is -0.0323. The third kappa shape index (κ3) is 6.20. The number of thioether (sulfide) groups is 1. The molecule has 0 fully saturated rings. The molecule has 3 aromatic rings. The fourth-order valence-corrected chi connectivity index (χ4v) is 4.12. The van der Waals surface area contributed by atoms with Crippen molar-refractivity contribution in [1.82, 2.24) is 20.1 Å². The van der Waals surface area contributed by atoms with Crippen molar-refractivity contribution < 1.29 is 4.79 Å². The number of aromatic nitrogens is 3. The molecule has 30 heavy (non-hydrogen) atoms. The molecular formula is C24H30N4OS. The van der Waals surface area contributed by atoms with Crippen LogP contribution in [0.1, 0.15) is 49.3 Å². The van der Waals surface area contributed by atoms with Crippen LogP contribution in [-0.2, 0) is 17.8 Å². The van der Waals surface area contributed by atoms with Crippen molar-refractivity contribution in [3.8, 4) is 0 Å². The van der Waals surface area contributed by atoms with Crippen molar-refractivity contribution in [2.75, 3.05) is 5.75 Å². The molecule has 0 saturated heterocycles. The Balaban J connectivity index is 1.54. The summed E-state index contributed by atoms with van der Waals surface area (Å²) in [7, 11) is 0. The fraction of sp³-hybridized carbons (Fsp3) is 0.375. The molecule has 0 saturated carbocycles. The Bertz CT molecular complexity index is 951.